The highest BCUT2D eigenvalue weighted by atomic mass is 16.2. The summed E-state index contributed by atoms with van der Waals surface area (Å²) < 4.78 is 0. The fraction of sp³-hybridized carbons (Fsp3) is 0.385. The molecule has 0 aromatic heterocycles. The van der Waals surface area contributed by atoms with Crippen LogP contribution in [-0.2, 0) is 9.59 Å². The predicted octanol–water partition coefficient (Wildman–Crippen LogP) is 1.39. The number of carbonyl (C=O) groups excluding carboxylic acids is 2. The minimum atomic E-state index is -0.588. The quantitative estimate of drug-likeness (QED) is 0.773. The van der Waals surface area contributed by atoms with E-state index in [9.17, 15) is 9.59 Å². The van der Waals surface area contributed by atoms with Crippen LogP contribution in [0.25, 0.3) is 0 Å². The lowest BCUT2D eigenvalue weighted by atomic mass is 10.1. The van der Waals surface area contributed by atoms with E-state index in [2.05, 4.69) is 10.6 Å². The molecule has 4 heteroatoms. The minimum Gasteiger partial charge on any atom is -0.348 e. The molecule has 17 heavy (non-hydrogen) atoms. The highest BCUT2D eigenvalue weighted by Gasteiger charge is 2.15. The summed E-state index contributed by atoms with van der Waals surface area (Å²) in [6.07, 6.45) is 0.813. The van der Waals surface area contributed by atoms with Gasteiger partial charge >= 0.3 is 11.8 Å². The Hall–Kier alpha value is -1.84. The first kappa shape index (κ1) is 13.2. The second-order valence-electron chi connectivity index (χ2n) is 3.86. The normalized spacial score (nSPS) is 11.6. The van der Waals surface area contributed by atoms with Crippen LogP contribution in [0.15, 0.2) is 30.3 Å². The van der Waals surface area contributed by atoms with Gasteiger partial charge in [0.15, 0.2) is 0 Å². The zero-order valence-corrected chi connectivity index (χ0v) is 10.2. The van der Waals surface area contributed by atoms with Crippen molar-refractivity contribution in [1.29, 1.82) is 0 Å². The maximum Gasteiger partial charge on any atom is 0.309 e. The molecule has 0 aliphatic rings. The highest BCUT2D eigenvalue weighted by Crippen LogP contribution is 2.10. The van der Waals surface area contributed by atoms with E-state index in [-0.39, 0.29) is 6.04 Å². The first-order valence-corrected chi connectivity index (χ1v) is 5.78. The molecule has 1 atom stereocenters. The van der Waals surface area contributed by atoms with Crippen molar-refractivity contribution >= 4 is 11.8 Å². The molecule has 0 saturated carbocycles. The van der Waals surface area contributed by atoms with Gasteiger partial charge in [-0.25, -0.2) is 0 Å². The van der Waals surface area contributed by atoms with Crippen LogP contribution in [0.5, 0.6) is 0 Å². The van der Waals surface area contributed by atoms with Crippen LogP contribution in [0, 0.1) is 0 Å². The lowest BCUT2D eigenvalue weighted by Crippen LogP contribution is -2.41. The Bertz CT molecular complexity index is 376. The molecule has 2 amide bonds. The molecule has 0 heterocycles. The maximum absolute atomic E-state index is 11.5. The molecular formula is C13H18N2O2. The van der Waals surface area contributed by atoms with Crippen LogP contribution < -0.4 is 10.6 Å². The van der Waals surface area contributed by atoms with Gasteiger partial charge in [-0.2, -0.15) is 0 Å². The zero-order chi connectivity index (χ0) is 12.7. The Morgan fingerprint density at radius 2 is 1.82 bits per heavy atom. The van der Waals surface area contributed by atoms with Crippen LogP contribution in [0.1, 0.15) is 31.9 Å². The smallest absolute Gasteiger partial charge is 0.309 e. The third-order valence-corrected chi connectivity index (χ3v) is 2.39. The summed E-state index contributed by atoms with van der Waals surface area (Å²) in [4.78, 5) is 22.9. The molecule has 1 aromatic carbocycles. The van der Waals surface area contributed by atoms with E-state index < -0.39 is 11.8 Å². The summed E-state index contributed by atoms with van der Waals surface area (Å²) in [5, 5.41) is 5.19. The molecule has 1 aromatic rings. The third-order valence-electron chi connectivity index (χ3n) is 2.39. The number of rotatable bonds is 4. The SMILES string of the molecule is CCCNC(=O)C(=O)N[C@@H](C)c1ccccc1. The number of hydrogen-bond donors (Lipinski definition) is 2. The molecule has 0 bridgehead atoms. The Labute approximate surface area is 101 Å². The van der Waals surface area contributed by atoms with Gasteiger partial charge < -0.3 is 10.6 Å². The van der Waals surface area contributed by atoms with E-state index in [0.29, 0.717) is 6.54 Å². The van der Waals surface area contributed by atoms with Gasteiger partial charge in [0, 0.05) is 6.54 Å². The third kappa shape index (κ3) is 4.26. The topological polar surface area (TPSA) is 58.2 Å². The molecule has 0 fully saturated rings. The van der Waals surface area contributed by atoms with E-state index in [1.807, 2.05) is 44.2 Å². The molecular weight excluding hydrogens is 216 g/mol. The summed E-state index contributed by atoms with van der Waals surface area (Å²) >= 11 is 0. The van der Waals surface area contributed by atoms with Crippen molar-refractivity contribution in [2.75, 3.05) is 6.54 Å². The van der Waals surface area contributed by atoms with Crippen LogP contribution in [0.3, 0.4) is 0 Å². The van der Waals surface area contributed by atoms with E-state index in [1.165, 1.54) is 0 Å². The molecule has 4 nitrogen and oxygen atoms in total. The number of hydrogen-bond acceptors (Lipinski definition) is 2. The molecule has 92 valence electrons. The fourth-order valence-electron chi connectivity index (χ4n) is 1.41. The van der Waals surface area contributed by atoms with Gasteiger partial charge in [0.2, 0.25) is 0 Å². The number of benzene rings is 1. The first-order valence-electron chi connectivity index (χ1n) is 5.78. The van der Waals surface area contributed by atoms with E-state index in [1.54, 1.807) is 0 Å². The Morgan fingerprint density at radius 1 is 1.18 bits per heavy atom. The number of amides is 2. The van der Waals surface area contributed by atoms with Crippen LogP contribution >= 0.6 is 0 Å². The van der Waals surface area contributed by atoms with Gasteiger partial charge in [0.05, 0.1) is 6.04 Å². The molecule has 1 rings (SSSR count). The van der Waals surface area contributed by atoms with Crippen molar-refractivity contribution in [1.82, 2.24) is 10.6 Å². The monoisotopic (exact) mass is 234 g/mol. The van der Waals surface area contributed by atoms with E-state index in [4.69, 9.17) is 0 Å². The average molecular weight is 234 g/mol. The van der Waals surface area contributed by atoms with Crippen molar-refractivity contribution in [3.8, 4) is 0 Å². The van der Waals surface area contributed by atoms with Crippen molar-refractivity contribution in [2.24, 2.45) is 0 Å². The van der Waals surface area contributed by atoms with Crippen LogP contribution in [0.2, 0.25) is 0 Å². The second kappa shape index (κ2) is 6.68. The van der Waals surface area contributed by atoms with Gasteiger partial charge in [-0.3, -0.25) is 9.59 Å². The Morgan fingerprint density at radius 3 is 2.41 bits per heavy atom. The predicted molar refractivity (Wildman–Crippen MR) is 66.3 cm³/mol. The molecule has 0 aliphatic carbocycles. The van der Waals surface area contributed by atoms with Crippen LogP contribution in [0.4, 0.5) is 0 Å². The number of carbonyl (C=O) groups is 2. The van der Waals surface area contributed by atoms with Crippen molar-refractivity contribution < 1.29 is 9.59 Å². The first-order chi connectivity index (χ1) is 8.15. The molecule has 0 unspecified atom stereocenters. The maximum atomic E-state index is 11.5. The molecule has 2 N–H and O–H groups in total. The summed E-state index contributed by atoms with van der Waals surface area (Å²) in [5.41, 5.74) is 0.976. The van der Waals surface area contributed by atoms with Crippen molar-refractivity contribution in [2.45, 2.75) is 26.3 Å². The Balaban J connectivity index is 2.49. The lowest BCUT2D eigenvalue weighted by Gasteiger charge is -2.13. The van der Waals surface area contributed by atoms with Crippen LogP contribution in [-0.4, -0.2) is 18.4 Å². The fourth-order valence-corrected chi connectivity index (χ4v) is 1.41. The zero-order valence-electron chi connectivity index (χ0n) is 10.2. The van der Waals surface area contributed by atoms with Gasteiger partial charge in [0.1, 0.15) is 0 Å². The lowest BCUT2D eigenvalue weighted by molar-refractivity contribution is -0.139. The number of nitrogens with one attached hydrogen (secondary N) is 2. The molecule has 0 radical (unpaired) electrons. The van der Waals surface area contributed by atoms with Gasteiger partial charge in [0.25, 0.3) is 0 Å². The van der Waals surface area contributed by atoms with Crippen molar-refractivity contribution in [3.05, 3.63) is 35.9 Å². The minimum absolute atomic E-state index is 0.170. The van der Waals surface area contributed by atoms with Gasteiger partial charge in [-0.1, -0.05) is 37.3 Å². The van der Waals surface area contributed by atoms with Gasteiger partial charge in [-0.15, -0.1) is 0 Å². The molecule has 0 saturated heterocycles. The summed E-state index contributed by atoms with van der Waals surface area (Å²) in [6.45, 7) is 4.30. The largest absolute Gasteiger partial charge is 0.348 e. The molecule has 0 spiro atoms. The summed E-state index contributed by atoms with van der Waals surface area (Å²) in [7, 11) is 0. The van der Waals surface area contributed by atoms with Crippen molar-refractivity contribution in [3.63, 3.8) is 0 Å². The standard InChI is InChI=1S/C13H18N2O2/c1-3-9-14-12(16)13(17)15-10(2)11-7-5-4-6-8-11/h4-8,10H,3,9H2,1-2H3,(H,14,16)(H,15,17)/t10-/m0/s1. The van der Waals surface area contributed by atoms with Gasteiger partial charge in [-0.05, 0) is 18.9 Å². The second-order valence-corrected chi connectivity index (χ2v) is 3.86. The summed E-state index contributed by atoms with van der Waals surface area (Å²) in [6, 6.07) is 9.36. The average Bonchev–Trinajstić information content (AvgIpc) is 2.36. The Kier molecular flexibility index (Phi) is 5.20. The summed E-state index contributed by atoms with van der Waals surface area (Å²) in [5.74, 6) is -1.16. The van der Waals surface area contributed by atoms with E-state index in [0.717, 1.165) is 12.0 Å². The highest BCUT2D eigenvalue weighted by molar-refractivity contribution is 6.35. The van der Waals surface area contributed by atoms with E-state index >= 15 is 0 Å². The molecule has 0 aliphatic heterocycles.